The standard InChI is InChI=1S/C10H11NO.C9H11ClO/c1-7-4-9(6-11)10(12-3)5-8(7)2;1-6-4-8(10)9(11-3)5-7(6)2/h4-5H,1-3H3;4-5H,1-3H3. The van der Waals surface area contributed by atoms with Crippen LogP contribution in [0.15, 0.2) is 24.3 Å². The van der Waals surface area contributed by atoms with E-state index in [9.17, 15) is 0 Å². The Labute approximate surface area is 143 Å². The molecule has 0 unspecified atom stereocenters. The summed E-state index contributed by atoms with van der Waals surface area (Å²) in [7, 11) is 3.20. The van der Waals surface area contributed by atoms with E-state index in [1.807, 2.05) is 52.0 Å². The Bertz CT molecular complexity index is 733. The molecular formula is C19H22ClNO2. The van der Waals surface area contributed by atoms with Gasteiger partial charge in [-0.05, 0) is 74.2 Å². The highest BCUT2D eigenvalue weighted by Gasteiger charge is 2.04. The van der Waals surface area contributed by atoms with E-state index < -0.39 is 0 Å². The molecule has 23 heavy (non-hydrogen) atoms. The third kappa shape index (κ3) is 4.91. The van der Waals surface area contributed by atoms with Crippen LogP contribution in [0.2, 0.25) is 5.02 Å². The number of methoxy groups -OCH3 is 2. The summed E-state index contributed by atoms with van der Waals surface area (Å²) in [4.78, 5) is 0. The predicted molar refractivity (Wildman–Crippen MR) is 94.7 cm³/mol. The van der Waals surface area contributed by atoms with Crippen molar-refractivity contribution in [2.45, 2.75) is 27.7 Å². The Kier molecular flexibility index (Phi) is 6.93. The molecule has 0 aromatic heterocycles. The lowest BCUT2D eigenvalue weighted by atomic mass is 10.1. The van der Waals surface area contributed by atoms with Crippen molar-refractivity contribution in [3.8, 4) is 17.6 Å². The quantitative estimate of drug-likeness (QED) is 0.764. The van der Waals surface area contributed by atoms with Gasteiger partial charge in [-0.2, -0.15) is 5.26 Å². The van der Waals surface area contributed by atoms with E-state index in [0.29, 0.717) is 16.3 Å². The van der Waals surface area contributed by atoms with Crippen LogP contribution in [-0.2, 0) is 0 Å². The molecule has 2 rings (SSSR count). The molecular weight excluding hydrogens is 310 g/mol. The summed E-state index contributed by atoms with van der Waals surface area (Å²) in [5.41, 5.74) is 5.25. The fraction of sp³-hybridized carbons (Fsp3) is 0.316. The molecule has 0 aliphatic carbocycles. The molecule has 0 saturated carbocycles. The van der Waals surface area contributed by atoms with Gasteiger partial charge in [0.25, 0.3) is 0 Å². The maximum atomic E-state index is 8.73. The van der Waals surface area contributed by atoms with Crippen LogP contribution >= 0.6 is 11.6 Å². The van der Waals surface area contributed by atoms with E-state index in [2.05, 4.69) is 6.07 Å². The van der Waals surface area contributed by atoms with Crippen molar-refractivity contribution in [2.75, 3.05) is 14.2 Å². The average molecular weight is 332 g/mol. The van der Waals surface area contributed by atoms with Crippen LogP contribution in [0.25, 0.3) is 0 Å². The molecule has 0 aliphatic heterocycles. The molecule has 0 atom stereocenters. The Morgan fingerprint density at radius 3 is 1.70 bits per heavy atom. The first-order chi connectivity index (χ1) is 10.8. The molecule has 0 heterocycles. The van der Waals surface area contributed by atoms with Crippen LogP contribution in [0, 0.1) is 39.0 Å². The average Bonchev–Trinajstić information content (AvgIpc) is 2.53. The minimum Gasteiger partial charge on any atom is -0.495 e. The molecule has 4 heteroatoms. The number of halogens is 1. The van der Waals surface area contributed by atoms with Crippen LogP contribution in [0.3, 0.4) is 0 Å². The monoisotopic (exact) mass is 331 g/mol. The van der Waals surface area contributed by atoms with Crippen LogP contribution in [-0.4, -0.2) is 14.2 Å². The van der Waals surface area contributed by atoms with E-state index in [4.69, 9.17) is 26.3 Å². The largest absolute Gasteiger partial charge is 0.495 e. The molecule has 2 aromatic carbocycles. The van der Waals surface area contributed by atoms with Gasteiger partial charge >= 0.3 is 0 Å². The molecule has 0 aliphatic rings. The summed E-state index contributed by atoms with van der Waals surface area (Å²) < 4.78 is 10.1. The van der Waals surface area contributed by atoms with Gasteiger partial charge in [0.2, 0.25) is 0 Å². The SMILES string of the molecule is COc1cc(C)c(C)cc1C#N.COc1cc(C)c(C)cc1Cl. The van der Waals surface area contributed by atoms with Crippen molar-refractivity contribution < 1.29 is 9.47 Å². The number of benzene rings is 2. The number of ether oxygens (including phenoxy) is 2. The van der Waals surface area contributed by atoms with Crippen LogP contribution < -0.4 is 9.47 Å². The van der Waals surface area contributed by atoms with E-state index in [1.54, 1.807) is 14.2 Å². The van der Waals surface area contributed by atoms with Gasteiger partial charge in [-0.1, -0.05) is 11.6 Å². The number of rotatable bonds is 2. The molecule has 0 radical (unpaired) electrons. The van der Waals surface area contributed by atoms with Gasteiger partial charge in [0, 0.05) is 0 Å². The highest BCUT2D eigenvalue weighted by Crippen LogP contribution is 2.27. The topological polar surface area (TPSA) is 42.2 Å². The van der Waals surface area contributed by atoms with Gasteiger partial charge in [-0.3, -0.25) is 0 Å². The summed E-state index contributed by atoms with van der Waals surface area (Å²) in [6, 6.07) is 9.67. The molecule has 3 nitrogen and oxygen atoms in total. The van der Waals surface area contributed by atoms with Gasteiger partial charge < -0.3 is 9.47 Å². The van der Waals surface area contributed by atoms with Gasteiger partial charge in [-0.25, -0.2) is 0 Å². The second kappa shape index (κ2) is 8.45. The lowest BCUT2D eigenvalue weighted by Gasteiger charge is -2.05. The zero-order valence-electron chi connectivity index (χ0n) is 14.5. The molecule has 2 aromatic rings. The third-order valence-electron chi connectivity index (χ3n) is 3.70. The highest BCUT2D eigenvalue weighted by atomic mass is 35.5. The first-order valence-corrected chi connectivity index (χ1v) is 7.57. The maximum absolute atomic E-state index is 8.73. The molecule has 0 spiro atoms. The summed E-state index contributed by atoms with van der Waals surface area (Å²) in [6.45, 7) is 8.05. The fourth-order valence-electron chi connectivity index (χ4n) is 1.96. The Balaban J connectivity index is 0.000000231. The summed E-state index contributed by atoms with van der Waals surface area (Å²) in [6.07, 6.45) is 0. The molecule has 122 valence electrons. The minimum absolute atomic E-state index is 0.598. The van der Waals surface area contributed by atoms with Gasteiger partial charge in [0.1, 0.15) is 17.6 Å². The lowest BCUT2D eigenvalue weighted by Crippen LogP contribution is -1.91. The van der Waals surface area contributed by atoms with Crippen molar-refractivity contribution in [1.82, 2.24) is 0 Å². The third-order valence-corrected chi connectivity index (χ3v) is 4.00. The number of nitrogens with zero attached hydrogens (tertiary/aromatic N) is 1. The van der Waals surface area contributed by atoms with Crippen molar-refractivity contribution in [2.24, 2.45) is 0 Å². The zero-order chi connectivity index (χ0) is 17.6. The normalized spacial score (nSPS) is 9.48. The second-order valence-electron chi connectivity index (χ2n) is 5.32. The maximum Gasteiger partial charge on any atom is 0.137 e. The summed E-state index contributed by atoms with van der Waals surface area (Å²) in [5.74, 6) is 1.40. The molecule has 0 N–H and O–H groups in total. The van der Waals surface area contributed by atoms with Crippen LogP contribution in [0.5, 0.6) is 11.5 Å². The van der Waals surface area contributed by atoms with Crippen molar-refractivity contribution in [3.05, 3.63) is 57.1 Å². The van der Waals surface area contributed by atoms with Crippen molar-refractivity contribution in [1.29, 1.82) is 5.26 Å². The minimum atomic E-state index is 0.598. The smallest absolute Gasteiger partial charge is 0.137 e. The van der Waals surface area contributed by atoms with Gasteiger partial charge in [0.15, 0.2) is 0 Å². The van der Waals surface area contributed by atoms with E-state index in [1.165, 1.54) is 11.1 Å². The summed E-state index contributed by atoms with van der Waals surface area (Å²) in [5, 5.41) is 9.41. The number of nitriles is 1. The lowest BCUT2D eigenvalue weighted by molar-refractivity contribution is 0.413. The number of hydrogen-bond acceptors (Lipinski definition) is 3. The van der Waals surface area contributed by atoms with Gasteiger partial charge in [0.05, 0.1) is 24.8 Å². The number of hydrogen-bond donors (Lipinski definition) is 0. The van der Waals surface area contributed by atoms with Crippen molar-refractivity contribution >= 4 is 11.6 Å². The molecule has 0 bridgehead atoms. The Morgan fingerprint density at radius 2 is 1.22 bits per heavy atom. The van der Waals surface area contributed by atoms with Gasteiger partial charge in [-0.15, -0.1) is 0 Å². The highest BCUT2D eigenvalue weighted by molar-refractivity contribution is 6.32. The summed E-state index contributed by atoms with van der Waals surface area (Å²) >= 11 is 5.88. The molecule has 0 saturated heterocycles. The fourth-order valence-corrected chi connectivity index (χ4v) is 2.25. The van der Waals surface area contributed by atoms with E-state index >= 15 is 0 Å². The van der Waals surface area contributed by atoms with Crippen molar-refractivity contribution in [3.63, 3.8) is 0 Å². The molecule has 0 fully saturated rings. The van der Waals surface area contributed by atoms with Crippen LogP contribution in [0.4, 0.5) is 0 Å². The Morgan fingerprint density at radius 1 is 0.783 bits per heavy atom. The van der Waals surface area contributed by atoms with E-state index in [-0.39, 0.29) is 0 Å². The first kappa shape index (κ1) is 18.9. The van der Waals surface area contributed by atoms with Crippen LogP contribution in [0.1, 0.15) is 27.8 Å². The first-order valence-electron chi connectivity index (χ1n) is 7.20. The number of aryl methyl sites for hydroxylation is 4. The van der Waals surface area contributed by atoms with E-state index in [0.717, 1.165) is 16.9 Å². The zero-order valence-corrected chi connectivity index (χ0v) is 15.2. The second-order valence-corrected chi connectivity index (χ2v) is 5.73. The Hall–Kier alpha value is -2.18. The predicted octanol–water partition coefficient (Wildman–Crippen LogP) is 5.15. The molecule has 0 amide bonds.